The molecule has 2 rings (SSSR count). The topological polar surface area (TPSA) is 75.4 Å². The van der Waals surface area contributed by atoms with E-state index in [2.05, 4.69) is 5.10 Å². The van der Waals surface area contributed by atoms with Crippen molar-refractivity contribution in [2.24, 2.45) is 0 Å². The minimum atomic E-state index is -0.954. The fraction of sp³-hybridized carbons (Fsp3) is 0.545. The van der Waals surface area contributed by atoms with E-state index in [4.69, 9.17) is 5.11 Å². The summed E-state index contributed by atoms with van der Waals surface area (Å²) in [5.41, 5.74) is 0. The first-order valence-corrected chi connectivity index (χ1v) is 5.65. The number of hydrogen-bond donors (Lipinski definition) is 1. The maximum atomic E-state index is 11.9. The summed E-state index contributed by atoms with van der Waals surface area (Å²) in [5.74, 6) is -1.06. The van der Waals surface area contributed by atoms with Crippen molar-refractivity contribution in [2.75, 3.05) is 6.54 Å². The molecule has 0 radical (unpaired) electrons. The lowest BCUT2D eigenvalue weighted by atomic mass is 10.3. The highest BCUT2D eigenvalue weighted by Gasteiger charge is 2.33. The normalized spacial score (nSPS) is 14.6. The lowest BCUT2D eigenvalue weighted by molar-refractivity contribution is -0.145. The Morgan fingerprint density at radius 3 is 2.76 bits per heavy atom. The Bertz CT molecular complexity index is 398. The number of aromatic nitrogens is 2. The van der Waals surface area contributed by atoms with Crippen LogP contribution < -0.4 is 0 Å². The van der Waals surface area contributed by atoms with Gasteiger partial charge < -0.3 is 10.0 Å². The molecule has 1 aromatic heterocycles. The van der Waals surface area contributed by atoms with Crippen LogP contribution in [-0.4, -0.2) is 44.3 Å². The number of aliphatic carboxylic acids is 1. The van der Waals surface area contributed by atoms with Crippen LogP contribution in [0.1, 0.15) is 19.3 Å². The molecule has 0 aromatic carbocycles. The molecule has 1 N–H and O–H groups in total. The maximum Gasteiger partial charge on any atom is 0.323 e. The summed E-state index contributed by atoms with van der Waals surface area (Å²) < 4.78 is 1.67. The van der Waals surface area contributed by atoms with Crippen LogP contribution in [0.25, 0.3) is 0 Å². The summed E-state index contributed by atoms with van der Waals surface area (Å²) in [4.78, 5) is 24.0. The molecule has 92 valence electrons. The van der Waals surface area contributed by atoms with E-state index in [1.807, 2.05) is 0 Å². The highest BCUT2D eigenvalue weighted by atomic mass is 16.4. The van der Waals surface area contributed by atoms with E-state index < -0.39 is 5.97 Å². The lowest BCUT2D eigenvalue weighted by Gasteiger charge is -2.20. The number of hydrogen-bond acceptors (Lipinski definition) is 3. The predicted octanol–water partition coefficient (Wildman–Crippen LogP) is 0.349. The first-order valence-electron chi connectivity index (χ1n) is 5.65. The van der Waals surface area contributed by atoms with Crippen LogP contribution in [0.15, 0.2) is 18.5 Å². The standard InChI is InChI=1S/C11H15N3O3/c15-10(4-7-13-6-1-5-12-13)14(8-11(16)17)9-2-3-9/h1,5-6,9H,2-4,7-8H2,(H,16,17). The van der Waals surface area contributed by atoms with E-state index >= 15 is 0 Å². The van der Waals surface area contributed by atoms with Crippen molar-refractivity contribution in [1.82, 2.24) is 14.7 Å². The number of carbonyl (C=O) groups excluding carboxylic acids is 1. The van der Waals surface area contributed by atoms with Crippen molar-refractivity contribution < 1.29 is 14.7 Å². The van der Waals surface area contributed by atoms with Crippen molar-refractivity contribution in [3.63, 3.8) is 0 Å². The van der Waals surface area contributed by atoms with Crippen molar-refractivity contribution in [2.45, 2.75) is 31.8 Å². The van der Waals surface area contributed by atoms with E-state index in [1.54, 1.807) is 23.1 Å². The second-order valence-corrected chi connectivity index (χ2v) is 4.17. The van der Waals surface area contributed by atoms with Crippen molar-refractivity contribution in [3.05, 3.63) is 18.5 Å². The van der Waals surface area contributed by atoms with Gasteiger partial charge in [0.15, 0.2) is 0 Å². The highest BCUT2D eigenvalue weighted by molar-refractivity contribution is 5.81. The predicted molar refractivity (Wildman–Crippen MR) is 59.2 cm³/mol. The summed E-state index contributed by atoms with van der Waals surface area (Å²) in [6, 6.07) is 1.93. The summed E-state index contributed by atoms with van der Waals surface area (Å²) in [5, 5.41) is 12.7. The smallest absolute Gasteiger partial charge is 0.323 e. The highest BCUT2D eigenvalue weighted by Crippen LogP contribution is 2.27. The van der Waals surface area contributed by atoms with Gasteiger partial charge in [0, 0.05) is 31.4 Å². The van der Waals surface area contributed by atoms with E-state index in [9.17, 15) is 9.59 Å². The molecule has 1 fully saturated rings. The molecule has 0 saturated heterocycles. The van der Waals surface area contributed by atoms with Crippen molar-refractivity contribution in [3.8, 4) is 0 Å². The van der Waals surface area contributed by atoms with Crippen LogP contribution in [0.2, 0.25) is 0 Å². The second-order valence-electron chi connectivity index (χ2n) is 4.17. The molecule has 1 aromatic rings. The number of nitrogens with zero attached hydrogens (tertiary/aromatic N) is 3. The van der Waals surface area contributed by atoms with Gasteiger partial charge in [-0.2, -0.15) is 5.10 Å². The Morgan fingerprint density at radius 1 is 1.47 bits per heavy atom. The van der Waals surface area contributed by atoms with Crippen LogP contribution in [0, 0.1) is 0 Å². The zero-order valence-electron chi connectivity index (χ0n) is 9.45. The number of rotatable bonds is 6. The lowest BCUT2D eigenvalue weighted by Crippen LogP contribution is -2.37. The molecule has 0 bridgehead atoms. The summed E-state index contributed by atoms with van der Waals surface area (Å²) in [6.07, 6.45) is 5.57. The minimum absolute atomic E-state index is 0.106. The Hall–Kier alpha value is -1.85. The third-order valence-electron chi connectivity index (χ3n) is 2.73. The Labute approximate surface area is 98.8 Å². The molecular formula is C11H15N3O3. The maximum absolute atomic E-state index is 11.9. The van der Waals surface area contributed by atoms with Crippen LogP contribution >= 0.6 is 0 Å². The van der Waals surface area contributed by atoms with Gasteiger partial charge in [-0.05, 0) is 18.9 Å². The van der Waals surface area contributed by atoms with Crippen molar-refractivity contribution >= 4 is 11.9 Å². The van der Waals surface area contributed by atoms with Gasteiger partial charge in [0.25, 0.3) is 0 Å². The minimum Gasteiger partial charge on any atom is -0.480 e. The van der Waals surface area contributed by atoms with Gasteiger partial charge in [-0.3, -0.25) is 14.3 Å². The molecule has 0 spiro atoms. The van der Waals surface area contributed by atoms with Crippen LogP contribution in [0.5, 0.6) is 0 Å². The van der Waals surface area contributed by atoms with Gasteiger partial charge in [-0.1, -0.05) is 0 Å². The summed E-state index contributed by atoms with van der Waals surface area (Å²) >= 11 is 0. The number of amides is 1. The van der Waals surface area contributed by atoms with Gasteiger partial charge in [-0.15, -0.1) is 0 Å². The fourth-order valence-electron chi connectivity index (χ4n) is 1.74. The molecule has 6 heteroatoms. The summed E-state index contributed by atoms with van der Waals surface area (Å²) in [7, 11) is 0. The van der Waals surface area contributed by atoms with E-state index in [-0.39, 0.29) is 18.5 Å². The molecule has 1 heterocycles. The van der Waals surface area contributed by atoms with Gasteiger partial charge in [0.05, 0.1) is 0 Å². The SMILES string of the molecule is O=C(O)CN(C(=O)CCn1cccn1)C1CC1. The van der Waals surface area contributed by atoms with Gasteiger partial charge in [-0.25, -0.2) is 0 Å². The average molecular weight is 237 g/mol. The molecule has 0 aliphatic heterocycles. The first kappa shape index (κ1) is 11.6. The van der Waals surface area contributed by atoms with E-state index in [0.29, 0.717) is 13.0 Å². The zero-order valence-corrected chi connectivity index (χ0v) is 9.45. The number of carbonyl (C=O) groups is 2. The fourth-order valence-corrected chi connectivity index (χ4v) is 1.74. The molecular weight excluding hydrogens is 222 g/mol. The third-order valence-corrected chi connectivity index (χ3v) is 2.73. The second kappa shape index (κ2) is 4.99. The van der Waals surface area contributed by atoms with Crippen LogP contribution in [0.4, 0.5) is 0 Å². The van der Waals surface area contributed by atoms with Gasteiger partial charge in [0.2, 0.25) is 5.91 Å². The molecule has 1 saturated carbocycles. The molecule has 1 amide bonds. The summed E-state index contributed by atoms with van der Waals surface area (Å²) in [6.45, 7) is 0.303. The molecule has 1 aliphatic rings. The number of carboxylic acid groups (broad SMARTS) is 1. The van der Waals surface area contributed by atoms with E-state index in [1.165, 1.54) is 4.90 Å². The van der Waals surface area contributed by atoms with E-state index in [0.717, 1.165) is 12.8 Å². The third kappa shape index (κ3) is 3.30. The number of aryl methyl sites for hydroxylation is 1. The molecule has 0 atom stereocenters. The molecule has 0 unspecified atom stereocenters. The Kier molecular flexibility index (Phi) is 3.41. The van der Waals surface area contributed by atoms with Gasteiger partial charge >= 0.3 is 5.97 Å². The monoisotopic (exact) mass is 237 g/mol. The quantitative estimate of drug-likeness (QED) is 0.774. The zero-order chi connectivity index (χ0) is 12.3. The van der Waals surface area contributed by atoms with Crippen LogP contribution in [0.3, 0.4) is 0 Å². The number of carboxylic acids is 1. The van der Waals surface area contributed by atoms with Gasteiger partial charge in [0.1, 0.15) is 6.54 Å². The molecule has 1 aliphatic carbocycles. The molecule has 6 nitrogen and oxygen atoms in total. The Balaban J connectivity index is 1.85. The largest absolute Gasteiger partial charge is 0.480 e. The van der Waals surface area contributed by atoms with Crippen LogP contribution in [-0.2, 0) is 16.1 Å². The molecule has 17 heavy (non-hydrogen) atoms. The average Bonchev–Trinajstić information content (AvgIpc) is 2.99. The Morgan fingerprint density at radius 2 is 2.24 bits per heavy atom. The van der Waals surface area contributed by atoms with Crippen molar-refractivity contribution in [1.29, 1.82) is 0 Å². The first-order chi connectivity index (χ1) is 8.16.